The van der Waals surface area contributed by atoms with Gasteiger partial charge < -0.3 is 9.64 Å². The van der Waals surface area contributed by atoms with E-state index >= 15 is 0 Å². The molecule has 0 spiro atoms. The molecule has 114 valence electrons. The van der Waals surface area contributed by atoms with Crippen LogP contribution in [0.1, 0.15) is 38.5 Å². The van der Waals surface area contributed by atoms with Crippen molar-refractivity contribution >= 4 is 21.7 Å². The van der Waals surface area contributed by atoms with Crippen molar-refractivity contribution in [2.24, 2.45) is 0 Å². The lowest BCUT2D eigenvalue weighted by molar-refractivity contribution is -0.154. The van der Waals surface area contributed by atoms with Crippen LogP contribution >= 0.6 is 0 Å². The standard InChI is InChI=1S/C13H21NO5S/c1-19-13(16)10-6-2-4-8-14(10)12(15)11-7-3-5-9-20(11,17)18/h10-11H,2-9H2,1H3/t10-,11?/m1/s1. The van der Waals surface area contributed by atoms with Gasteiger partial charge in [0.05, 0.1) is 12.9 Å². The number of carbonyl (C=O) groups excluding carboxylic acids is 2. The molecule has 6 nitrogen and oxygen atoms in total. The third kappa shape index (κ3) is 2.97. The van der Waals surface area contributed by atoms with E-state index in [0.29, 0.717) is 25.8 Å². The van der Waals surface area contributed by atoms with Crippen molar-refractivity contribution < 1.29 is 22.7 Å². The smallest absolute Gasteiger partial charge is 0.328 e. The van der Waals surface area contributed by atoms with Crippen LogP contribution < -0.4 is 0 Å². The summed E-state index contributed by atoms with van der Waals surface area (Å²) in [6, 6.07) is -0.627. The van der Waals surface area contributed by atoms with Crippen LogP contribution in [0, 0.1) is 0 Å². The number of nitrogens with zero attached hydrogens (tertiary/aromatic N) is 1. The fourth-order valence-electron chi connectivity index (χ4n) is 2.99. The molecular weight excluding hydrogens is 282 g/mol. The topological polar surface area (TPSA) is 80.8 Å². The summed E-state index contributed by atoms with van der Waals surface area (Å²) in [7, 11) is -2.08. The molecule has 2 aliphatic rings. The maximum atomic E-state index is 12.5. The van der Waals surface area contributed by atoms with Gasteiger partial charge in [-0.1, -0.05) is 6.42 Å². The summed E-state index contributed by atoms with van der Waals surface area (Å²) in [5, 5.41) is -0.971. The zero-order valence-corrected chi connectivity index (χ0v) is 12.5. The molecule has 0 aliphatic carbocycles. The zero-order valence-electron chi connectivity index (χ0n) is 11.7. The van der Waals surface area contributed by atoms with Gasteiger partial charge in [-0.3, -0.25) is 4.79 Å². The molecule has 20 heavy (non-hydrogen) atoms. The Morgan fingerprint density at radius 2 is 1.80 bits per heavy atom. The molecular formula is C13H21NO5S. The quantitative estimate of drug-likeness (QED) is 0.694. The van der Waals surface area contributed by atoms with Crippen molar-refractivity contribution in [3.8, 4) is 0 Å². The molecule has 0 saturated carbocycles. The second-order valence-electron chi connectivity index (χ2n) is 5.42. The van der Waals surface area contributed by atoms with E-state index in [2.05, 4.69) is 0 Å². The van der Waals surface area contributed by atoms with Gasteiger partial charge in [0, 0.05) is 6.54 Å². The second-order valence-corrected chi connectivity index (χ2v) is 7.72. The van der Waals surface area contributed by atoms with Gasteiger partial charge in [0.1, 0.15) is 11.3 Å². The van der Waals surface area contributed by atoms with Crippen LogP contribution in [0.25, 0.3) is 0 Å². The van der Waals surface area contributed by atoms with Crippen molar-refractivity contribution in [3.63, 3.8) is 0 Å². The lowest BCUT2D eigenvalue weighted by Gasteiger charge is -2.36. The zero-order chi connectivity index (χ0) is 14.8. The number of piperidine rings is 1. The first-order valence-corrected chi connectivity index (χ1v) is 8.79. The van der Waals surface area contributed by atoms with Gasteiger partial charge in [0.25, 0.3) is 0 Å². The summed E-state index contributed by atoms with van der Waals surface area (Å²) >= 11 is 0. The van der Waals surface area contributed by atoms with Crippen LogP contribution in [0.2, 0.25) is 0 Å². The van der Waals surface area contributed by atoms with Crippen LogP contribution in [-0.4, -0.2) is 55.9 Å². The number of hydrogen-bond acceptors (Lipinski definition) is 5. The molecule has 2 aliphatic heterocycles. The molecule has 7 heteroatoms. The Bertz CT molecular complexity index is 487. The van der Waals surface area contributed by atoms with Crippen LogP contribution in [0.15, 0.2) is 0 Å². The van der Waals surface area contributed by atoms with Gasteiger partial charge in [0.2, 0.25) is 5.91 Å². The van der Waals surface area contributed by atoms with Crippen molar-refractivity contribution in [3.05, 3.63) is 0 Å². The predicted octanol–water partition coefficient (Wildman–Crippen LogP) is 0.508. The molecule has 1 amide bonds. The Morgan fingerprint density at radius 3 is 2.45 bits per heavy atom. The van der Waals surface area contributed by atoms with Gasteiger partial charge in [0.15, 0.2) is 9.84 Å². The molecule has 2 fully saturated rings. The molecule has 2 rings (SSSR count). The molecule has 0 bridgehead atoms. The van der Waals surface area contributed by atoms with Crippen molar-refractivity contribution in [2.75, 3.05) is 19.4 Å². The van der Waals surface area contributed by atoms with Crippen LogP contribution in [-0.2, 0) is 24.2 Å². The van der Waals surface area contributed by atoms with E-state index in [1.165, 1.54) is 12.0 Å². The van der Waals surface area contributed by atoms with Gasteiger partial charge >= 0.3 is 5.97 Å². The monoisotopic (exact) mass is 303 g/mol. The Morgan fingerprint density at radius 1 is 1.10 bits per heavy atom. The number of sulfone groups is 1. The first-order chi connectivity index (χ1) is 9.47. The lowest BCUT2D eigenvalue weighted by Crippen LogP contribution is -2.54. The van der Waals surface area contributed by atoms with Gasteiger partial charge in [-0.05, 0) is 32.1 Å². The summed E-state index contributed by atoms with van der Waals surface area (Å²) in [5.74, 6) is -0.800. The molecule has 1 unspecified atom stereocenters. The normalized spacial score (nSPS) is 29.8. The first-order valence-electron chi connectivity index (χ1n) is 7.07. The minimum atomic E-state index is -3.37. The maximum absolute atomic E-state index is 12.5. The highest BCUT2D eigenvalue weighted by Crippen LogP contribution is 2.25. The number of amides is 1. The SMILES string of the molecule is COC(=O)[C@H]1CCCCN1C(=O)C1CCCCS1(=O)=O. The fraction of sp³-hybridized carbons (Fsp3) is 0.846. The minimum absolute atomic E-state index is 0.0696. The number of methoxy groups -OCH3 is 1. The first kappa shape index (κ1) is 15.3. The molecule has 2 atom stereocenters. The Hall–Kier alpha value is -1.11. The average Bonchev–Trinajstić information content (AvgIpc) is 2.45. The number of carbonyl (C=O) groups is 2. The fourth-order valence-corrected chi connectivity index (χ4v) is 4.85. The third-order valence-electron chi connectivity index (χ3n) is 4.11. The second kappa shape index (κ2) is 6.11. The summed E-state index contributed by atoms with van der Waals surface area (Å²) < 4.78 is 28.8. The lowest BCUT2D eigenvalue weighted by atomic mass is 10.0. The highest BCUT2D eigenvalue weighted by Gasteiger charge is 2.42. The van der Waals surface area contributed by atoms with Gasteiger partial charge in [-0.15, -0.1) is 0 Å². The van der Waals surface area contributed by atoms with Crippen LogP contribution in [0.4, 0.5) is 0 Å². The number of hydrogen-bond donors (Lipinski definition) is 0. The molecule has 0 N–H and O–H groups in total. The number of likely N-dealkylation sites (tertiary alicyclic amines) is 1. The van der Waals surface area contributed by atoms with Crippen LogP contribution in [0.3, 0.4) is 0 Å². The van der Waals surface area contributed by atoms with Gasteiger partial charge in [-0.25, -0.2) is 13.2 Å². The molecule has 0 aromatic rings. The van der Waals surface area contributed by atoms with E-state index < -0.39 is 33.0 Å². The summed E-state index contributed by atoms with van der Waals surface area (Å²) in [4.78, 5) is 25.7. The number of rotatable bonds is 2. The highest BCUT2D eigenvalue weighted by atomic mass is 32.2. The molecule has 2 saturated heterocycles. The molecule has 2 heterocycles. The molecule has 0 radical (unpaired) electrons. The molecule has 0 aromatic carbocycles. The maximum Gasteiger partial charge on any atom is 0.328 e. The van der Waals surface area contributed by atoms with E-state index in [-0.39, 0.29) is 5.75 Å². The Balaban J connectivity index is 2.19. The van der Waals surface area contributed by atoms with E-state index in [9.17, 15) is 18.0 Å². The highest BCUT2D eigenvalue weighted by molar-refractivity contribution is 7.92. The van der Waals surface area contributed by atoms with Crippen molar-refractivity contribution in [1.29, 1.82) is 0 Å². The van der Waals surface area contributed by atoms with Gasteiger partial charge in [-0.2, -0.15) is 0 Å². The van der Waals surface area contributed by atoms with Crippen molar-refractivity contribution in [2.45, 2.75) is 49.8 Å². The Labute approximate surface area is 119 Å². The average molecular weight is 303 g/mol. The van der Waals surface area contributed by atoms with Crippen molar-refractivity contribution in [1.82, 2.24) is 4.90 Å². The number of ether oxygens (including phenoxy) is 1. The van der Waals surface area contributed by atoms with E-state index in [0.717, 1.165) is 19.3 Å². The van der Waals surface area contributed by atoms with E-state index in [4.69, 9.17) is 4.74 Å². The molecule has 0 aromatic heterocycles. The summed E-state index contributed by atoms with van der Waals surface area (Å²) in [6.07, 6.45) is 3.92. The minimum Gasteiger partial charge on any atom is -0.467 e. The van der Waals surface area contributed by atoms with E-state index in [1.807, 2.05) is 0 Å². The van der Waals surface area contributed by atoms with E-state index in [1.54, 1.807) is 0 Å². The summed E-state index contributed by atoms with van der Waals surface area (Å²) in [6.45, 7) is 0.435. The largest absolute Gasteiger partial charge is 0.467 e. The third-order valence-corrected chi connectivity index (χ3v) is 6.28. The summed E-state index contributed by atoms with van der Waals surface area (Å²) in [5.41, 5.74) is 0. The Kier molecular flexibility index (Phi) is 4.67. The number of esters is 1. The predicted molar refractivity (Wildman–Crippen MR) is 72.8 cm³/mol. The van der Waals surface area contributed by atoms with Crippen LogP contribution in [0.5, 0.6) is 0 Å².